The lowest BCUT2D eigenvalue weighted by Crippen LogP contribution is -2.41. The molecule has 10 heteroatoms. The standard InChI is InChI=1S/C33H37FN4O5/c1-4-5-23-20(2)6-8-26(23)38-33(40)32(39)37-22-7-9-29(25(34)16-22)43-28-12-15-36-27-18-31(30(41-3)17-24(27)28)42-19-21-10-13-35-14-11-21/h4-5,7,9,12,15-18,21,26,35H,6,8,10-11,13-14,19H2,1-3H3,(H,37,39)(H,38,40)/b5-4-. The molecule has 1 unspecified atom stereocenters. The summed E-state index contributed by atoms with van der Waals surface area (Å²) in [5.74, 6) is -0.451. The highest BCUT2D eigenvalue weighted by atomic mass is 19.1. The molecule has 1 atom stereocenters. The van der Waals surface area contributed by atoms with Crippen molar-refractivity contribution in [2.24, 2.45) is 5.92 Å². The number of nitrogens with one attached hydrogen (secondary N) is 3. The van der Waals surface area contributed by atoms with Gasteiger partial charge in [-0.2, -0.15) is 0 Å². The smallest absolute Gasteiger partial charge is 0.313 e. The average Bonchev–Trinajstić information content (AvgIpc) is 3.35. The Hall–Kier alpha value is -4.44. The number of halogens is 1. The summed E-state index contributed by atoms with van der Waals surface area (Å²) in [4.78, 5) is 29.6. The fourth-order valence-corrected chi connectivity index (χ4v) is 5.48. The number of amides is 2. The van der Waals surface area contributed by atoms with Crippen LogP contribution in [0.1, 0.15) is 39.5 Å². The van der Waals surface area contributed by atoms with Crippen molar-refractivity contribution in [2.75, 3.05) is 32.1 Å². The van der Waals surface area contributed by atoms with Gasteiger partial charge in [-0.05, 0) is 88.4 Å². The molecule has 1 aliphatic heterocycles. The van der Waals surface area contributed by atoms with E-state index in [1.807, 2.05) is 26.0 Å². The number of carbonyl (C=O) groups is 2. The number of piperidine rings is 1. The fraction of sp³-hybridized carbons (Fsp3) is 0.364. The number of rotatable bonds is 9. The van der Waals surface area contributed by atoms with E-state index >= 15 is 4.39 Å². The van der Waals surface area contributed by atoms with Crippen molar-refractivity contribution in [3.05, 3.63) is 71.7 Å². The van der Waals surface area contributed by atoms with E-state index in [1.54, 1.807) is 31.5 Å². The molecule has 1 saturated heterocycles. The normalized spacial score (nSPS) is 17.3. The Morgan fingerprint density at radius 1 is 1.05 bits per heavy atom. The van der Waals surface area contributed by atoms with Gasteiger partial charge in [0.15, 0.2) is 23.1 Å². The highest BCUT2D eigenvalue weighted by Gasteiger charge is 2.26. The number of hydrogen-bond donors (Lipinski definition) is 3. The highest BCUT2D eigenvalue weighted by Crippen LogP contribution is 2.38. The number of ether oxygens (including phenoxy) is 3. The van der Waals surface area contributed by atoms with Crippen molar-refractivity contribution in [2.45, 2.75) is 45.6 Å². The molecule has 1 aliphatic carbocycles. The van der Waals surface area contributed by atoms with Gasteiger partial charge in [0.2, 0.25) is 0 Å². The molecule has 5 rings (SSSR count). The monoisotopic (exact) mass is 588 g/mol. The highest BCUT2D eigenvalue weighted by molar-refractivity contribution is 6.39. The average molecular weight is 589 g/mol. The molecule has 3 N–H and O–H groups in total. The van der Waals surface area contributed by atoms with Crippen LogP contribution in [0.5, 0.6) is 23.0 Å². The first-order chi connectivity index (χ1) is 20.9. The minimum absolute atomic E-state index is 0.0530. The predicted octanol–water partition coefficient (Wildman–Crippen LogP) is 5.66. The van der Waals surface area contributed by atoms with E-state index in [9.17, 15) is 9.59 Å². The molecule has 3 aromatic rings. The second-order valence-electron chi connectivity index (χ2n) is 10.8. The molecule has 0 radical (unpaired) electrons. The molecular weight excluding hydrogens is 551 g/mol. The van der Waals surface area contributed by atoms with E-state index in [1.165, 1.54) is 17.7 Å². The summed E-state index contributed by atoms with van der Waals surface area (Å²) >= 11 is 0. The van der Waals surface area contributed by atoms with Crippen LogP contribution in [0.15, 0.2) is 65.9 Å². The first kappa shape index (κ1) is 30.0. The molecule has 43 heavy (non-hydrogen) atoms. The number of pyridine rings is 1. The first-order valence-corrected chi connectivity index (χ1v) is 14.6. The maximum absolute atomic E-state index is 15.1. The molecule has 1 fully saturated rings. The summed E-state index contributed by atoms with van der Waals surface area (Å²) in [5.41, 5.74) is 2.94. The third-order valence-electron chi connectivity index (χ3n) is 7.86. The van der Waals surface area contributed by atoms with Crippen LogP contribution in [0.2, 0.25) is 0 Å². The zero-order valence-electron chi connectivity index (χ0n) is 24.7. The molecule has 0 bridgehead atoms. The maximum atomic E-state index is 15.1. The van der Waals surface area contributed by atoms with E-state index in [0.29, 0.717) is 40.7 Å². The second kappa shape index (κ2) is 13.7. The number of allylic oxidation sites excluding steroid dienone is 2. The Morgan fingerprint density at radius 3 is 2.60 bits per heavy atom. The van der Waals surface area contributed by atoms with E-state index in [-0.39, 0.29) is 17.5 Å². The molecule has 2 aromatic carbocycles. The van der Waals surface area contributed by atoms with Gasteiger partial charge in [0, 0.05) is 29.4 Å². The second-order valence-corrected chi connectivity index (χ2v) is 10.8. The SMILES string of the molecule is C/C=C\C1=C(C)CCC1NC(=O)C(=O)Nc1ccc(Oc2ccnc3cc(OCC4CCNCC4)c(OC)cc23)c(F)c1. The van der Waals surface area contributed by atoms with Crippen molar-refractivity contribution in [3.63, 3.8) is 0 Å². The van der Waals surface area contributed by atoms with Gasteiger partial charge in [0.05, 0.1) is 25.3 Å². The third kappa shape index (κ3) is 7.14. The lowest BCUT2D eigenvalue weighted by Gasteiger charge is -2.23. The summed E-state index contributed by atoms with van der Waals surface area (Å²) < 4.78 is 32.8. The molecule has 2 amide bonds. The van der Waals surface area contributed by atoms with Crippen molar-refractivity contribution in [1.29, 1.82) is 0 Å². The minimum atomic E-state index is -0.872. The number of methoxy groups -OCH3 is 1. The van der Waals surface area contributed by atoms with E-state index in [0.717, 1.165) is 50.4 Å². The minimum Gasteiger partial charge on any atom is -0.493 e. The van der Waals surface area contributed by atoms with Crippen LogP contribution >= 0.6 is 0 Å². The molecular formula is C33H37FN4O5. The van der Waals surface area contributed by atoms with Crippen molar-refractivity contribution >= 4 is 28.4 Å². The van der Waals surface area contributed by atoms with Crippen LogP contribution in [0.4, 0.5) is 10.1 Å². The summed E-state index contributed by atoms with van der Waals surface area (Å²) in [6, 6.07) is 8.96. The zero-order valence-corrected chi connectivity index (χ0v) is 24.7. The number of benzene rings is 2. The Kier molecular flexibility index (Phi) is 9.56. The zero-order chi connectivity index (χ0) is 30.3. The summed E-state index contributed by atoms with van der Waals surface area (Å²) in [7, 11) is 1.56. The van der Waals surface area contributed by atoms with Gasteiger partial charge >= 0.3 is 11.8 Å². The molecule has 9 nitrogen and oxygen atoms in total. The van der Waals surface area contributed by atoms with Crippen molar-refractivity contribution in [3.8, 4) is 23.0 Å². The van der Waals surface area contributed by atoms with Crippen LogP contribution in [0, 0.1) is 11.7 Å². The number of anilines is 1. The summed E-state index contributed by atoms with van der Waals surface area (Å²) in [6.07, 6.45) is 9.13. The number of fused-ring (bicyclic) bond motifs is 1. The lowest BCUT2D eigenvalue weighted by atomic mass is 9.99. The van der Waals surface area contributed by atoms with Crippen LogP contribution < -0.4 is 30.2 Å². The quantitative estimate of drug-likeness (QED) is 0.277. The van der Waals surface area contributed by atoms with Gasteiger partial charge in [0.25, 0.3) is 0 Å². The van der Waals surface area contributed by atoms with Gasteiger partial charge in [-0.25, -0.2) is 4.39 Å². The fourth-order valence-electron chi connectivity index (χ4n) is 5.48. The predicted molar refractivity (Wildman–Crippen MR) is 163 cm³/mol. The largest absolute Gasteiger partial charge is 0.493 e. The van der Waals surface area contributed by atoms with Crippen molar-refractivity contribution in [1.82, 2.24) is 15.6 Å². The lowest BCUT2D eigenvalue weighted by molar-refractivity contribution is -0.136. The van der Waals surface area contributed by atoms with E-state index < -0.39 is 17.6 Å². The number of aromatic nitrogens is 1. The topological polar surface area (TPSA) is 111 Å². The molecule has 0 spiro atoms. The molecule has 2 heterocycles. The Labute approximate surface area is 250 Å². The number of hydrogen-bond acceptors (Lipinski definition) is 7. The molecule has 0 saturated carbocycles. The van der Waals surface area contributed by atoms with E-state index in [4.69, 9.17) is 14.2 Å². The third-order valence-corrected chi connectivity index (χ3v) is 7.86. The van der Waals surface area contributed by atoms with Crippen LogP contribution in [-0.2, 0) is 9.59 Å². The van der Waals surface area contributed by atoms with Gasteiger partial charge in [0.1, 0.15) is 5.75 Å². The van der Waals surface area contributed by atoms with E-state index in [2.05, 4.69) is 20.9 Å². The Balaban J connectivity index is 1.26. The summed E-state index contributed by atoms with van der Waals surface area (Å²) in [6.45, 7) is 6.48. The first-order valence-electron chi connectivity index (χ1n) is 14.6. The molecule has 1 aromatic heterocycles. The maximum Gasteiger partial charge on any atom is 0.313 e. The van der Waals surface area contributed by atoms with Crippen molar-refractivity contribution < 1.29 is 28.2 Å². The number of carbonyl (C=O) groups excluding carboxylic acids is 2. The molecule has 2 aliphatic rings. The number of nitrogens with zero attached hydrogens (tertiary/aromatic N) is 1. The van der Waals surface area contributed by atoms with Crippen LogP contribution in [0.3, 0.4) is 0 Å². The molecule has 226 valence electrons. The summed E-state index contributed by atoms with van der Waals surface area (Å²) in [5, 5.41) is 9.21. The van der Waals surface area contributed by atoms with Gasteiger partial charge in [-0.1, -0.05) is 17.7 Å². The Morgan fingerprint density at radius 2 is 1.86 bits per heavy atom. The Bertz CT molecular complexity index is 1560. The van der Waals surface area contributed by atoms with Gasteiger partial charge in [-0.3, -0.25) is 14.6 Å². The van der Waals surface area contributed by atoms with Crippen LogP contribution in [-0.4, -0.2) is 49.6 Å². The van der Waals surface area contributed by atoms with Gasteiger partial charge < -0.3 is 30.2 Å². The van der Waals surface area contributed by atoms with Gasteiger partial charge in [-0.15, -0.1) is 0 Å². The van der Waals surface area contributed by atoms with Crippen LogP contribution in [0.25, 0.3) is 10.9 Å².